The Hall–Kier alpha value is -2.85. The number of nitrogens with two attached hydrogens (primary N) is 1. The van der Waals surface area contributed by atoms with Crippen LogP contribution in [0.15, 0.2) is 41.2 Å². The van der Waals surface area contributed by atoms with E-state index in [9.17, 15) is 4.79 Å². The number of benzene rings is 1. The van der Waals surface area contributed by atoms with E-state index in [1.165, 1.54) is 21.9 Å². The second-order valence-corrected chi connectivity index (χ2v) is 5.02. The van der Waals surface area contributed by atoms with E-state index in [0.717, 1.165) is 5.69 Å². The van der Waals surface area contributed by atoms with E-state index in [0.29, 0.717) is 9.96 Å². The first kappa shape index (κ1) is 12.2. The van der Waals surface area contributed by atoms with Crippen LogP contribution in [0, 0.1) is 11.3 Å². The van der Waals surface area contributed by atoms with Gasteiger partial charge in [-0.05, 0) is 12.1 Å². The van der Waals surface area contributed by atoms with E-state index in [1.807, 2.05) is 36.4 Å². The minimum absolute atomic E-state index is 0.174. The van der Waals surface area contributed by atoms with Crippen LogP contribution in [0.1, 0.15) is 5.56 Å². The maximum Gasteiger partial charge on any atom is 0.274 e. The maximum absolute atomic E-state index is 11.8. The van der Waals surface area contributed by atoms with Crippen LogP contribution in [0.3, 0.4) is 0 Å². The Morgan fingerprint density at radius 3 is 2.80 bits per heavy atom. The first-order chi connectivity index (χ1) is 9.69. The number of nitriles is 1. The number of hydrogen-bond donors (Lipinski definition) is 2. The largest absolute Gasteiger partial charge is 0.397 e. The van der Waals surface area contributed by atoms with Crippen molar-refractivity contribution in [1.82, 2.24) is 9.61 Å². The molecule has 0 saturated carbocycles. The predicted molar refractivity (Wildman–Crippen MR) is 78.2 cm³/mol. The fourth-order valence-electron chi connectivity index (χ4n) is 1.80. The molecule has 6 nitrogen and oxygen atoms in total. The quantitative estimate of drug-likeness (QED) is 0.749. The summed E-state index contributed by atoms with van der Waals surface area (Å²) in [5.41, 5.74) is 6.62. The molecule has 0 fully saturated rings. The number of nitrogens with one attached hydrogen (secondary N) is 1. The number of nitrogen functional groups attached to an aromatic ring is 1. The van der Waals surface area contributed by atoms with Gasteiger partial charge in [-0.3, -0.25) is 4.79 Å². The fraction of sp³-hybridized carbons (Fsp3) is 0. The Balaban J connectivity index is 2.14. The second-order valence-electron chi connectivity index (χ2n) is 4.04. The molecule has 0 atom stereocenters. The summed E-state index contributed by atoms with van der Waals surface area (Å²) in [4.78, 5) is 12.3. The van der Waals surface area contributed by atoms with Crippen LogP contribution in [-0.2, 0) is 0 Å². The highest BCUT2D eigenvalue weighted by molar-refractivity contribution is 7.21. The smallest absolute Gasteiger partial charge is 0.274 e. The molecule has 3 N–H and O–H groups in total. The lowest BCUT2D eigenvalue weighted by atomic mass is 10.2. The van der Waals surface area contributed by atoms with Crippen LogP contribution in [0.25, 0.3) is 4.83 Å². The number of para-hydroxylation sites is 1. The van der Waals surface area contributed by atoms with Gasteiger partial charge < -0.3 is 11.1 Å². The van der Waals surface area contributed by atoms with Gasteiger partial charge in [-0.25, -0.2) is 0 Å². The topological polar surface area (TPSA) is 96.2 Å². The lowest BCUT2D eigenvalue weighted by Crippen LogP contribution is -2.15. The van der Waals surface area contributed by atoms with Gasteiger partial charge in [-0.2, -0.15) is 9.78 Å². The summed E-state index contributed by atoms with van der Waals surface area (Å²) in [5.74, 6) is 0. The summed E-state index contributed by atoms with van der Waals surface area (Å²) in [5, 5.41) is 16.9. The normalized spacial score (nSPS) is 10.3. The highest BCUT2D eigenvalue weighted by Crippen LogP contribution is 2.26. The van der Waals surface area contributed by atoms with Gasteiger partial charge >= 0.3 is 0 Å². The van der Waals surface area contributed by atoms with Crippen molar-refractivity contribution in [2.24, 2.45) is 0 Å². The third-order valence-electron chi connectivity index (χ3n) is 2.70. The molecule has 0 saturated heterocycles. The first-order valence-corrected chi connectivity index (χ1v) is 6.55. The van der Waals surface area contributed by atoms with Gasteiger partial charge in [0.2, 0.25) is 5.13 Å². The van der Waals surface area contributed by atoms with E-state index in [4.69, 9.17) is 11.0 Å². The molecule has 3 rings (SSSR count). The number of hydrogen-bond acceptors (Lipinski definition) is 6. The van der Waals surface area contributed by atoms with Crippen LogP contribution in [0.4, 0.5) is 16.5 Å². The minimum atomic E-state index is -0.353. The maximum atomic E-state index is 11.8. The molecular weight excluding hydrogens is 274 g/mol. The monoisotopic (exact) mass is 283 g/mol. The van der Waals surface area contributed by atoms with Gasteiger partial charge in [0.1, 0.15) is 16.5 Å². The fourth-order valence-corrected chi connectivity index (χ4v) is 2.75. The Labute approximate surface area is 117 Å². The van der Waals surface area contributed by atoms with Crippen molar-refractivity contribution in [2.45, 2.75) is 0 Å². The highest BCUT2D eigenvalue weighted by atomic mass is 32.1. The highest BCUT2D eigenvalue weighted by Gasteiger charge is 2.13. The molecule has 0 aliphatic carbocycles. The van der Waals surface area contributed by atoms with Crippen LogP contribution in [-0.4, -0.2) is 9.61 Å². The summed E-state index contributed by atoms with van der Waals surface area (Å²) >= 11 is 1.21. The van der Waals surface area contributed by atoms with Crippen molar-refractivity contribution in [3.05, 3.63) is 52.3 Å². The number of anilines is 3. The van der Waals surface area contributed by atoms with Gasteiger partial charge in [-0.1, -0.05) is 29.5 Å². The van der Waals surface area contributed by atoms with Crippen LogP contribution < -0.4 is 16.6 Å². The van der Waals surface area contributed by atoms with Gasteiger partial charge in [0, 0.05) is 11.8 Å². The zero-order valence-corrected chi connectivity index (χ0v) is 11.0. The molecule has 0 spiro atoms. The molecule has 0 amide bonds. The molecule has 0 aliphatic heterocycles. The third-order valence-corrected chi connectivity index (χ3v) is 3.65. The summed E-state index contributed by atoms with van der Waals surface area (Å²) in [6, 6.07) is 12.7. The Bertz CT molecular complexity index is 875. The molecule has 0 radical (unpaired) electrons. The average Bonchev–Trinajstić information content (AvgIpc) is 2.84. The van der Waals surface area contributed by atoms with Crippen LogP contribution >= 0.6 is 11.3 Å². The Morgan fingerprint density at radius 1 is 1.35 bits per heavy atom. The lowest BCUT2D eigenvalue weighted by molar-refractivity contribution is 0.923. The SMILES string of the molecule is N#Cc1c(N)cc(=O)n2nc(Nc3ccccc3)sc12. The number of pyridine rings is 1. The molecular formula is C13H9N5OS. The zero-order valence-electron chi connectivity index (χ0n) is 10.2. The van der Waals surface area contributed by atoms with Crippen molar-refractivity contribution in [3.63, 3.8) is 0 Å². The molecule has 0 aliphatic rings. The molecule has 7 heteroatoms. The molecule has 20 heavy (non-hydrogen) atoms. The summed E-state index contributed by atoms with van der Waals surface area (Å²) in [6.45, 7) is 0. The van der Waals surface area contributed by atoms with E-state index in [1.54, 1.807) is 0 Å². The number of nitrogens with zero attached hydrogens (tertiary/aromatic N) is 3. The third kappa shape index (κ3) is 1.98. The standard InChI is InChI=1S/C13H9N5OS/c14-7-9-10(15)6-11(19)18-12(9)20-13(17-18)16-8-4-2-1-3-5-8/h1-6H,15H2,(H,16,17). The predicted octanol–water partition coefficient (Wildman–Crippen LogP) is 1.95. The Morgan fingerprint density at radius 2 is 2.10 bits per heavy atom. The average molecular weight is 283 g/mol. The van der Waals surface area contributed by atoms with Gasteiger partial charge in [0.15, 0.2) is 0 Å². The van der Waals surface area contributed by atoms with E-state index >= 15 is 0 Å². The van der Waals surface area contributed by atoms with E-state index < -0.39 is 0 Å². The lowest BCUT2D eigenvalue weighted by Gasteiger charge is -1.99. The number of rotatable bonds is 2. The molecule has 3 aromatic rings. The van der Waals surface area contributed by atoms with Crippen molar-refractivity contribution in [1.29, 1.82) is 5.26 Å². The zero-order chi connectivity index (χ0) is 14.1. The summed E-state index contributed by atoms with van der Waals surface area (Å²) < 4.78 is 1.19. The van der Waals surface area contributed by atoms with Crippen molar-refractivity contribution >= 4 is 32.7 Å². The van der Waals surface area contributed by atoms with Gasteiger partial charge in [0.25, 0.3) is 5.56 Å². The van der Waals surface area contributed by atoms with Crippen molar-refractivity contribution in [2.75, 3.05) is 11.1 Å². The molecule has 2 aromatic heterocycles. The molecule has 2 heterocycles. The molecule has 0 unspecified atom stereocenters. The van der Waals surface area contributed by atoms with Gasteiger partial charge in [0.05, 0.1) is 5.69 Å². The van der Waals surface area contributed by atoms with Crippen molar-refractivity contribution in [3.8, 4) is 6.07 Å². The van der Waals surface area contributed by atoms with Crippen molar-refractivity contribution < 1.29 is 0 Å². The number of fused-ring (bicyclic) bond motifs is 1. The summed E-state index contributed by atoms with van der Waals surface area (Å²) in [7, 11) is 0. The number of aromatic nitrogens is 2. The second kappa shape index (κ2) is 4.68. The molecule has 0 bridgehead atoms. The molecule has 98 valence electrons. The first-order valence-electron chi connectivity index (χ1n) is 5.73. The Kier molecular flexibility index (Phi) is 2.85. The van der Waals surface area contributed by atoms with Crippen LogP contribution in [0.5, 0.6) is 0 Å². The van der Waals surface area contributed by atoms with E-state index in [-0.39, 0.29) is 16.8 Å². The van der Waals surface area contributed by atoms with E-state index in [2.05, 4.69) is 10.4 Å². The van der Waals surface area contributed by atoms with Crippen LogP contribution in [0.2, 0.25) is 0 Å². The summed E-state index contributed by atoms with van der Waals surface area (Å²) in [6.07, 6.45) is 0. The van der Waals surface area contributed by atoms with Gasteiger partial charge in [-0.15, -0.1) is 5.10 Å². The minimum Gasteiger partial charge on any atom is -0.397 e. The molecule has 1 aromatic carbocycles.